The van der Waals surface area contributed by atoms with Gasteiger partial charge in [-0.25, -0.2) is 0 Å². The number of benzene rings is 2. The molecule has 228 valence electrons. The first-order valence-corrected chi connectivity index (χ1v) is 16.0. The molecule has 0 unspecified atom stereocenters. The number of nitrogens with one attached hydrogen (secondary N) is 4. The van der Waals surface area contributed by atoms with E-state index in [0.717, 1.165) is 38.0 Å². The second-order valence-corrected chi connectivity index (χ2v) is 12.6. The maximum atomic E-state index is 14.1. The van der Waals surface area contributed by atoms with Gasteiger partial charge in [-0.3, -0.25) is 29.2 Å². The molecule has 10 nitrogen and oxygen atoms in total. The van der Waals surface area contributed by atoms with Gasteiger partial charge in [0, 0.05) is 29.4 Å². The number of carbonyl (C=O) groups excluding carboxylic acids is 4. The fraction of sp³-hybridized carbons (Fsp3) is 0.364. The van der Waals surface area contributed by atoms with Crippen LogP contribution in [0, 0.1) is 5.92 Å². The predicted molar refractivity (Wildman–Crippen MR) is 169 cm³/mol. The summed E-state index contributed by atoms with van der Waals surface area (Å²) in [6.07, 6.45) is 5.54. The molecule has 0 radical (unpaired) electrons. The summed E-state index contributed by atoms with van der Waals surface area (Å²) in [5.74, 6) is -1.38. The van der Waals surface area contributed by atoms with E-state index in [2.05, 4.69) is 26.1 Å². The van der Waals surface area contributed by atoms with Crippen LogP contribution in [0.2, 0.25) is 0 Å². The largest absolute Gasteiger partial charge is 0.350 e. The number of H-pyrrole nitrogens is 1. The average Bonchev–Trinajstić information content (AvgIpc) is 3.77. The fourth-order valence-electron chi connectivity index (χ4n) is 6.19. The van der Waals surface area contributed by atoms with Gasteiger partial charge in [0.1, 0.15) is 18.1 Å². The standard InChI is InChI=1S/C33H36N6O4S/c1-3-19(2)29(38-28(40)14-23-18-44-27-10-5-4-9-24(23)27)32(42)37-25-12-11-21-7-6-8-22-13-26(39(30(21)22)33(25)43)31(41)34-15-20-16-35-36-17-20/h4-10,16-19,25-26,29H,3,11-15H2,1-2H3,(H,34,41)(H,35,36)(H,37,42)(H,38,40)/t19-,25-,26-,29-/m0/s1. The minimum absolute atomic E-state index is 0.156. The van der Waals surface area contributed by atoms with Crippen LogP contribution in [0.15, 0.2) is 60.2 Å². The van der Waals surface area contributed by atoms with Gasteiger partial charge in [-0.05, 0) is 52.3 Å². The molecule has 4 amide bonds. The maximum absolute atomic E-state index is 14.1. The monoisotopic (exact) mass is 612 g/mol. The van der Waals surface area contributed by atoms with Crippen molar-refractivity contribution in [2.24, 2.45) is 5.92 Å². The van der Waals surface area contributed by atoms with E-state index in [1.54, 1.807) is 28.6 Å². The highest BCUT2D eigenvalue weighted by atomic mass is 32.1. The number of anilines is 1. The van der Waals surface area contributed by atoms with Crippen LogP contribution >= 0.6 is 11.3 Å². The number of hydrogen-bond donors (Lipinski definition) is 4. The van der Waals surface area contributed by atoms with E-state index in [1.165, 1.54) is 0 Å². The van der Waals surface area contributed by atoms with E-state index < -0.39 is 24.0 Å². The summed E-state index contributed by atoms with van der Waals surface area (Å²) in [6.45, 7) is 4.17. The van der Waals surface area contributed by atoms with E-state index >= 15 is 0 Å². The zero-order valence-electron chi connectivity index (χ0n) is 24.8. The highest BCUT2D eigenvalue weighted by Gasteiger charge is 2.44. The molecular weight excluding hydrogens is 576 g/mol. The molecule has 44 heavy (non-hydrogen) atoms. The third-order valence-electron chi connectivity index (χ3n) is 8.77. The van der Waals surface area contributed by atoms with Gasteiger partial charge in [0.2, 0.25) is 23.6 Å². The lowest BCUT2D eigenvalue weighted by molar-refractivity contribution is -0.133. The SMILES string of the molecule is CC[C@H](C)[C@H](NC(=O)Cc1csc2ccccc12)C(=O)N[C@H]1CCc2cccc3c2N(C1=O)[C@H](C(=O)NCc1cn[nH]c1)C3. The van der Waals surface area contributed by atoms with Gasteiger partial charge in [-0.1, -0.05) is 56.7 Å². The van der Waals surface area contributed by atoms with Crippen LogP contribution < -0.4 is 20.9 Å². The van der Waals surface area contributed by atoms with Crippen molar-refractivity contribution in [3.8, 4) is 0 Å². The lowest BCUT2D eigenvalue weighted by Crippen LogP contribution is -2.58. The Morgan fingerprint density at radius 1 is 1.14 bits per heavy atom. The van der Waals surface area contributed by atoms with Crippen LogP contribution in [0.5, 0.6) is 0 Å². The quantitative estimate of drug-likeness (QED) is 0.218. The number of carbonyl (C=O) groups is 4. The van der Waals surface area contributed by atoms with Crippen molar-refractivity contribution in [3.63, 3.8) is 0 Å². The highest BCUT2D eigenvalue weighted by molar-refractivity contribution is 7.17. The first-order chi connectivity index (χ1) is 21.3. The van der Waals surface area contributed by atoms with Crippen LogP contribution in [-0.4, -0.2) is 52.0 Å². The van der Waals surface area contributed by atoms with E-state index in [4.69, 9.17) is 0 Å². The normalized spacial score (nSPS) is 18.8. The van der Waals surface area contributed by atoms with E-state index in [-0.39, 0.29) is 36.6 Å². The lowest BCUT2D eigenvalue weighted by Gasteiger charge is -2.30. The Morgan fingerprint density at radius 2 is 1.95 bits per heavy atom. The fourth-order valence-corrected chi connectivity index (χ4v) is 7.15. The summed E-state index contributed by atoms with van der Waals surface area (Å²) in [5.41, 5.74) is 4.44. The Labute approximate surface area is 259 Å². The minimum Gasteiger partial charge on any atom is -0.350 e. The Hall–Kier alpha value is -4.51. The van der Waals surface area contributed by atoms with Crippen molar-refractivity contribution >= 4 is 50.7 Å². The number of hydrogen-bond acceptors (Lipinski definition) is 6. The second-order valence-electron chi connectivity index (χ2n) is 11.6. The Bertz CT molecular complexity index is 1700. The number of para-hydroxylation sites is 1. The summed E-state index contributed by atoms with van der Waals surface area (Å²) in [4.78, 5) is 56.1. The third kappa shape index (κ3) is 5.84. The van der Waals surface area contributed by atoms with Gasteiger partial charge in [-0.2, -0.15) is 5.10 Å². The van der Waals surface area contributed by atoms with Crippen LogP contribution in [0.25, 0.3) is 10.1 Å². The zero-order valence-corrected chi connectivity index (χ0v) is 25.6. The molecule has 6 rings (SSSR count). The van der Waals surface area contributed by atoms with E-state index in [0.29, 0.717) is 25.7 Å². The molecule has 0 spiro atoms. The second kappa shape index (κ2) is 12.6. The summed E-state index contributed by atoms with van der Waals surface area (Å²) in [5, 5.41) is 18.5. The van der Waals surface area contributed by atoms with E-state index in [9.17, 15) is 19.2 Å². The summed E-state index contributed by atoms with van der Waals surface area (Å²) in [6, 6.07) is 11.4. The lowest BCUT2D eigenvalue weighted by atomic mass is 9.96. The maximum Gasteiger partial charge on any atom is 0.250 e. The number of nitrogens with zero attached hydrogens (tertiary/aromatic N) is 2. The first kappa shape index (κ1) is 29.6. The van der Waals surface area contributed by atoms with Crippen LogP contribution in [0.1, 0.15) is 48.9 Å². The molecule has 4 N–H and O–H groups in total. The number of fused-ring (bicyclic) bond motifs is 1. The molecule has 2 aromatic heterocycles. The van der Waals surface area contributed by atoms with Crippen LogP contribution in [0.3, 0.4) is 0 Å². The van der Waals surface area contributed by atoms with Gasteiger partial charge < -0.3 is 16.0 Å². The smallest absolute Gasteiger partial charge is 0.250 e. The zero-order chi connectivity index (χ0) is 30.8. The molecule has 2 aliphatic rings. The van der Waals surface area contributed by atoms with Crippen molar-refractivity contribution in [1.82, 2.24) is 26.1 Å². The molecule has 0 fully saturated rings. The number of aryl methyl sites for hydroxylation is 1. The molecule has 4 atom stereocenters. The van der Waals surface area contributed by atoms with Gasteiger partial charge in [-0.15, -0.1) is 11.3 Å². The van der Waals surface area contributed by atoms with Crippen LogP contribution in [0.4, 0.5) is 5.69 Å². The number of aromatic nitrogens is 2. The predicted octanol–water partition coefficient (Wildman–Crippen LogP) is 3.40. The summed E-state index contributed by atoms with van der Waals surface area (Å²) < 4.78 is 1.11. The molecule has 11 heteroatoms. The molecule has 2 aromatic carbocycles. The highest BCUT2D eigenvalue weighted by Crippen LogP contribution is 2.39. The number of thiophene rings is 1. The summed E-state index contributed by atoms with van der Waals surface area (Å²) in [7, 11) is 0. The minimum atomic E-state index is -0.839. The van der Waals surface area contributed by atoms with Gasteiger partial charge in [0.25, 0.3) is 0 Å². The van der Waals surface area contributed by atoms with Crippen molar-refractivity contribution in [2.75, 3.05) is 4.90 Å². The molecular formula is C33H36N6O4S. The molecule has 0 saturated carbocycles. The van der Waals surface area contributed by atoms with Gasteiger partial charge in [0.15, 0.2) is 0 Å². The molecule has 2 aliphatic heterocycles. The number of aromatic amines is 1. The molecule has 4 aromatic rings. The molecule has 0 saturated heterocycles. The molecule has 0 aliphatic carbocycles. The number of amides is 4. The molecule has 0 bridgehead atoms. The van der Waals surface area contributed by atoms with Gasteiger partial charge in [0.05, 0.1) is 18.3 Å². The first-order valence-electron chi connectivity index (χ1n) is 15.1. The Balaban J connectivity index is 1.18. The van der Waals surface area contributed by atoms with Crippen molar-refractivity contribution < 1.29 is 19.2 Å². The number of rotatable bonds is 10. The Kier molecular flexibility index (Phi) is 8.47. The Morgan fingerprint density at radius 3 is 2.75 bits per heavy atom. The van der Waals surface area contributed by atoms with Gasteiger partial charge >= 0.3 is 0 Å². The molecule has 4 heterocycles. The average molecular weight is 613 g/mol. The topological polar surface area (TPSA) is 136 Å². The van der Waals surface area contributed by atoms with Crippen molar-refractivity contribution in [1.29, 1.82) is 0 Å². The summed E-state index contributed by atoms with van der Waals surface area (Å²) >= 11 is 1.59. The van der Waals surface area contributed by atoms with Crippen molar-refractivity contribution in [2.45, 2.75) is 70.6 Å². The van der Waals surface area contributed by atoms with Crippen molar-refractivity contribution in [3.05, 3.63) is 82.5 Å². The van der Waals surface area contributed by atoms with E-state index in [1.807, 2.05) is 61.7 Å². The third-order valence-corrected chi connectivity index (χ3v) is 9.78. The van der Waals surface area contributed by atoms with Crippen LogP contribution in [-0.2, 0) is 45.0 Å².